The fourth-order valence-corrected chi connectivity index (χ4v) is 4.30. The van der Waals surface area contributed by atoms with Gasteiger partial charge in [0.25, 0.3) is 0 Å². The van der Waals surface area contributed by atoms with Gasteiger partial charge in [-0.3, -0.25) is 14.4 Å². The molecule has 228 valence electrons. The van der Waals surface area contributed by atoms with E-state index in [1.807, 2.05) is 50.2 Å². The van der Waals surface area contributed by atoms with E-state index in [0.717, 1.165) is 11.1 Å². The quantitative estimate of drug-likeness (QED) is 0.250. The molecule has 0 aliphatic rings. The van der Waals surface area contributed by atoms with Crippen LogP contribution in [0.25, 0.3) is 0 Å². The molecule has 0 saturated heterocycles. The highest BCUT2D eigenvalue weighted by Gasteiger charge is 2.21. The zero-order valence-corrected chi connectivity index (χ0v) is 24.9. The molecule has 11 heteroatoms. The minimum atomic E-state index is -1.03. The smallest absolute Gasteiger partial charge is 0.323 e. The lowest BCUT2D eigenvalue weighted by Crippen LogP contribution is -2.42. The van der Waals surface area contributed by atoms with Gasteiger partial charge in [-0.05, 0) is 49.2 Å². The van der Waals surface area contributed by atoms with Gasteiger partial charge in [-0.2, -0.15) is 0 Å². The molecule has 0 aliphatic carbocycles. The summed E-state index contributed by atoms with van der Waals surface area (Å²) in [4.78, 5) is 52.8. The summed E-state index contributed by atoms with van der Waals surface area (Å²) >= 11 is 0. The Labute approximate surface area is 251 Å². The van der Waals surface area contributed by atoms with Crippen LogP contribution in [-0.2, 0) is 27.3 Å². The summed E-state index contributed by atoms with van der Waals surface area (Å²) in [6, 6.07) is 19.2. The van der Waals surface area contributed by atoms with Gasteiger partial charge in [0, 0.05) is 31.4 Å². The number of amides is 4. The minimum Gasteiger partial charge on any atom is -0.495 e. The van der Waals surface area contributed by atoms with Crippen LogP contribution in [0.3, 0.4) is 0 Å². The Hall–Kier alpha value is -5.06. The molecule has 3 aromatic rings. The monoisotopic (exact) mass is 590 g/mol. The Morgan fingerprint density at radius 3 is 2.28 bits per heavy atom. The molecule has 0 spiro atoms. The van der Waals surface area contributed by atoms with Gasteiger partial charge in [0.1, 0.15) is 11.5 Å². The zero-order valence-electron chi connectivity index (χ0n) is 24.9. The lowest BCUT2D eigenvalue weighted by molar-refractivity contribution is -0.141. The van der Waals surface area contributed by atoms with E-state index in [1.165, 1.54) is 24.0 Å². The summed E-state index contributed by atoms with van der Waals surface area (Å²) in [5.74, 6) is -0.750. The topological polar surface area (TPSA) is 138 Å². The second-order valence-corrected chi connectivity index (χ2v) is 9.86. The van der Waals surface area contributed by atoms with Crippen molar-refractivity contribution < 1.29 is 33.8 Å². The molecular formula is C32H38N4O7. The van der Waals surface area contributed by atoms with E-state index in [2.05, 4.69) is 10.6 Å². The van der Waals surface area contributed by atoms with Crippen LogP contribution in [0.2, 0.25) is 0 Å². The number of nitrogens with zero attached hydrogens (tertiary/aromatic N) is 2. The van der Waals surface area contributed by atoms with Crippen molar-refractivity contribution in [1.29, 1.82) is 0 Å². The van der Waals surface area contributed by atoms with Crippen molar-refractivity contribution in [2.75, 3.05) is 44.5 Å². The number of methoxy groups -OCH3 is 1. The molecule has 0 atom stereocenters. The van der Waals surface area contributed by atoms with Crippen LogP contribution in [0.4, 0.5) is 16.2 Å². The van der Waals surface area contributed by atoms with E-state index in [9.17, 15) is 24.3 Å². The fraction of sp³-hybridized carbons (Fsp3) is 0.312. The first kappa shape index (κ1) is 32.5. The molecule has 0 radical (unpaired) electrons. The average molecular weight is 591 g/mol. The number of ether oxygens (including phenoxy) is 2. The highest BCUT2D eigenvalue weighted by molar-refractivity contribution is 6.01. The molecule has 11 nitrogen and oxygen atoms in total. The maximum absolute atomic E-state index is 13.2. The minimum absolute atomic E-state index is 0.0142. The summed E-state index contributed by atoms with van der Waals surface area (Å²) in [6.07, 6.45) is -0.249. The Balaban J connectivity index is 1.64. The van der Waals surface area contributed by atoms with Crippen LogP contribution in [0.5, 0.6) is 11.5 Å². The van der Waals surface area contributed by atoms with Crippen LogP contribution >= 0.6 is 0 Å². The molecule has 3 aromatic carbocycles. The molecular weight excluding hydrogens is 552 g/mol. The Morgan fingerprint density at radius 2 is 1.58 bits per heavy atom. The van der Waals surface area contributed by atoms with Crippen LogP contribution in [0, 0.1) is 6.92 Å². The van der Waals surface area contributed by atoms with Crippen molar-refractivity contribution in [3.63, 3.8) is 0 Å². The van der Waals surface area contributed by atoms with E-state index in [0.29, 0.717) is 35.0 Å². The second kappa shape index (κ2) is 15.8. The second-order valence-electron chi connectivity index (χ2n) is 9.86. The number of rotatable bonds is 14. The SMILES string of the molecule is CCOc1ccccc1CN(CCC(=O)O)C(=O)CN(C)C(=O)Cc1ccc(NC(=O)Nc2ccccc2C)c(OC)c1. The number of hydrogen-bond acceptors (Lipinski definition) is 6. The Bertz CT molecular complexity index is 1440. The molecule has 0 aliphatic heterocycles. The third-order valence-corrected chi connectivity index (χ3v) is 6.64. The number of carbonyl (C=O) groups is 4. The number of likely N-dealkylation sites (N-methyl/N-ethyl adjacent to an activating group) is 1. The van der Waals surface area contributed by atoms with Crippen LogP contribution in [0.15, 0.2) is 66.7 Å². The van der Waals surface area contributed by atoms with Crippen LogP contribution in [0.1, 0.15) is 30.0 Å². The van der Waals surface area contributed by atoms with E-state index in [4.69, 9.17) is 9.47 Å². The normalized spacial score (nSPS) is 10.4. The largest absolute Gasteiger partial charge is 0.495 e. The molecule has 4 amide bonds. The molecule has 0 unspecified atom stereocenters. The Morgan fingerprint density at radius 1 is 0.884 bits per heavy atom. The molecule has 0 bridgehead atoms. The van der Waals surface area contributed by atoms with E-state index < -0.39 is 12.0 Å². The van der Waals surface area contributed by atoms with Crippen molar-refractivity contribution in [1.82, 2.24) is 9.80 Å². The number of nitrogens with one attached hydrogen (secondary N) is 2. The highest BCUT2D eigenvalue weighted by Crippen LogP contribution is 2.27. The van der Waals surface area contributed by atoms with Crippen molar-refractivity contribution in [3.05, 3.63) is 83.4 Å². The number of carboxylic acid groups (broad SMARTS) is 1. The van der Waals surface area contributed by atoms with Gasteiger partial charge >= 0.3 is 12.0 Å². The third kappa shape index (κ3) is 9.77. The van der Waals surface area contributed by atoms with Crippen molar-refractivity contribution in [3.8, 4) is 11.5 Å². The molecule has 0 saturated carbocycles. The highest BCUT2D eigenvalue weighted by atomic mass is 16.5. The van der Waals surface area contributed by atoms with Gasteiger partial charge in [0.05, 0.1) is 38.8 Å². The van der Waals surface area contributed by atoms with E-state index >= 15 is 0 Å². The van der Waals surface area contributed by atoms with Gasteiger partial charge in [-0.25, -0.2) is 4.79 Å². The number of carboxylic acids is 1. The maximum Gasteiger partial charge on any atom is 0.323 e. The van der Waals surface area contributed by atoms with Gasteiger partial charge in [-0.1, -0.05) is 42.5 Å². The first-order valence-corrected chi connectivity index (χ1v) is 13.9. The summed E-state index contributed by atoms with van der Waals surface area (Å²) in [7, 11) is 2.98. The summed E-state index contributed by atoms with van der Waals surface area (Å²) in [5, 5.41) is 14.8. The fourth-order valence-electron chi connectivity index (χ4n) is 4.30. The number of carbonyl (C=O) groups excluding carboxylic acids is 3. The number of aliphatic carboxylic acids is 1. The molecule has 0 heterocycles. The first-order valence-electron chi connectivity index (χ1n) is 13.9. The molecule has 43 heavy (non-hydrogen) atoms. The van der Waals surface area contributed by atoms with Gasteiger partial charge in [0.2, 0.25) is 11.8 Å². The number of aryl methyl sites for hydroxylation is 1. The number of hydrogen-bond donors (Lipinski definition) is 3. The van der Waals surface area contributed by atoms with Gasteiger partial charge in [-0.15, -0.1) is 0 Å². The standard InChI is InChI=1S/C32H38N4O7/c1-5-43-27-13-9-7-11-24(27)20-36(17-16-31(39)40)30(38)21-35(3)29(37)19-23-14-15-26(28(18-23)42-4)34-32(41)33-25-12-8-6-10-22(25)2/h6-15,18H,5,16-17,19-21H2,1-4H3,(H,39,40)(H2,33,34,41). The summed E-state index contributed by atoms with van der Waals surface area (Å²) in [5.41, 5.74) is 3.39. The Kier molecular flexibility index (Phi) is 11.9. The summed E-state index contributed by atoms with van der Waals surface area (Å²) in [6.45, 7) is 4.09. The molecule has 0 aromatic heterocycles. The van der Waals surface area contributed by atoms with Crippen molar-refractivity contribution in [2.24, 2.45) is 0 Å². The summed E-state index contributed by atoms with van der Waals surface area (Å²) < 4.78 is 11.1. The molecule has 3 N–H and O–H groups in total. The number of anilines is 2. The zero-order chi connectivity index (χ0) is 31.4. The van der Waals surface area contributed by atoms with E-state index in [-0.39, 0.29) is 44.3 Å². The lowest BCUT2D eigenvalue weighted by atomic mass is 10.1. The van der Waals surface area contributed by atoms with Crippen molar-refractivity contribution >= 4 is 35.2 Å². The van der Waals surface area contributed by atoms with Crippen molar-refractivity contribution in [2.45, 2.75) is 33.2 Å². The molecule has 0 fully saturated rings. The predicted octanol–water partition coefficient (Wildman–Crippen LogP) is 4.55. The van der Waals surface area contributed by atoms with Gasteiger partial charge in [0.15, 0.2) is 0 Å². The predicted molar refractivity (Wildman–Crippen MR) is 163 cm³/mol. The van der Waals surface area contributed by atoms with Crippen LogP contribution in [-0.4, -0.2) is 72.6 Å². The van der Waals surface area contributed by atoms with Crippen LogP contribution < -0.4 is 20.1 Å². The van der Waals surface area contributed by atoms with E-state index in [1.54, 1.807) is 30.3 Å². The maximum atomic E-state index is 13.2. The number of para-hydroxylation sites is 2. The lowest BCUT2D eigenvalue weighted by Gasteiger charge is -2.26. The van der Waals surface area contributed by atoms with Gasteiger partial charge < -0.3 is 35.0 Å². The first-order chi connectivity index (χ1) is 20.6. The average Bonchev–Trinajstić information content (AvgIpc) is 2.97. The number of urea groups is 1. The molecule has 3 rings (SSSR count). The number of benzene rings is 3. The third-order valence-electron chi connectivity index (χ3n) is 6.64.